The Labute approximate surface area is 446 Å². The monoisotopic (exact) mass is 1300 g/mol. The largest absolute Gasteiger partial charge is 0.468 e. The number of ether oxygens (including phenoxy) is 7. The van der Waals surface area contributed by atoms with Gasteiger partial charge in [-0.25, -0.2) is 16.6 Å². The zero-order valence-corrected chi connectivity index (χ0v) is 47.1. The molecule has 2 saturated heterocycles. The van der Waals surface area contributed by atoms with Crippen LogP contribution in [0.3, 0.4) is 0 Å². The van der Waals surface area contributed by atoms with Crippen LogP contribution in [0.4, 0.5) is 0 Å². The summed E-state index contributed by atoms with van der Waals surface area (Å²) in [4.78, 5) is 26.0. The topological polar surface area (TPSA) is 100 Å². The Morgan fingerprint density at radius 1 is 0.549 bits per heavy atom. The Morgan fingerprint density at radius 2 is 0.972 bits per heavy atom. The summed E-state index contributed by atoms with van der Waals surface area (Å²) >= 11 is 0. The van der Waals surface area contributed by atoms with Gasteiger partial charge in [0.15, 0.2) is 19.3 Å². The first-order chi connectivity index (χ1) is 33.3. The van der Waals surface area contributed by atoms with Crippen molar-refractivity contribution in [1.29, 1.82) is 0 Å². The third kappa shape index (κ3) is 11.5. The fourth-order valence-electron chi connectivity index (χ4n) is 10.4. The van der Waals surface area contributed by atoms with Crippen LogP contribution in [0.5, 0.6) is 23.0 Å². The third-order valence-corrected chi connectivity index (χ3v) is 14.1. The molecule has 370 valence electrons. The average molecular weight is 1300 g/mol. The van der Waals surface area contributed by atoms with Crippen LogP contribution in [0, 0.1) is 25.7 Å². The summed E-state index contributed by atoms with van der Waals surface area (Å²) in [6, 6.07) is 40.5. The van der Waals surface area contributed by atoms with Gasteiger partial charge in [-0.05, 0) is 147 Å². The molecule has 1 unspecified atom stereocenters. The zero-order chi connectivity index (χ0) is 47.8. The van der Waals surface area contributed by atoms with Crippen molar-refractivity contribution in [2.24, 2.45) is 0 Å². The van der Waals surface area contributed by atoms with Gasteiger partial charge in [-0.15, -0.1) is 0 Å². The van der Waals surface area contributed by atoms with Gasteiger partial charge in [0.05, 0.1) is 5.56 Å². The number of fused-ring (bicyclic) bond motifs is 4. The van der Waals surface area contributed by atoms with Gasteiger partial charge in [-0.3, -0.25) is 0 Å². The van der Waals surface area contributed by atoms with E-state index in [1.807, 2.05) is 79.7 Å². The smallest absolute Gasteiger partial charge is 0.343 e. The maximum atomic E-state index is 13.8. The molecule has 2 aliphatic carbocycles. The minimum absolute atomic E-state index is 0. The van der Waals surface area contributed by atoms with Crippen molar-refractivity contribution in [1.82, 2.24) is 0 Å². The zero-order valence-electron chi connectivity index (χ0n) is 41.2. The number of rotatable bonds is 18. The molecule has 0 N–H and O–H groups in total. The average Bonchev–Trinajstić information content (AvgIpc) is 3.66. The molecule has 4 aliphatic rings. The van der Waals surface area contributed by atoms with E-state index in [9.17, 15) is 4.79 Å². The Hall–Kier alpha value is -4.63. The molecule has 0 radical (unpaired) electrons. The summed E-state index contributed by atoms with van der Waals surface area (Å²) in [6.07, 6.45) is 1.83. The van der Waals surface area contributed by atoms with Crippen LogP contribution >= 0.6 is 0 Å². The molecule has 10 rings (SSSR count). The second kappa shape index (κ2) is 22.2. The van der Waals surface area contributed by atoms with Crippen molar-refractivity contribution in [2.45, 2.75) is 77.2 Å². The van der Waals surface area contributed by atoms with Crippen LogP contribution in [0.15, 0.2) is 121 Å². The van der Waals surface area contributed by atoms with Gasteiger partial charge in [-0.2, -0.15) is 4.89 Å². The summed E-state index contributed by atoms with van der Waals surface area (Å²) in [5.41, 5.74) is 12.1. The predicted octanol–water partition coefficient (Wildman–Crippen LogP) is 11.9. The van der Waals surface area contributed by atoms with Crippen LogP contribution in [-0.4, -0.2) is 59.2 Å². The Bertz CT molecular complexity index is 2780. The van der Waals surface area contributed by atoms with Crippen molar-refractivity contribution in [3.8, 4) is 45.3 Å². The van der Waals surface area contributed by atoms with E-state index in [0.717, 1.165) is 63.3 Å². The fraction of sp³-hybridized carbons (Fsp3) is 0.339. The molecule has 0 bridgehead atoms. The summed E-state index contributed by atoms with van der Waals surface area (Å²) < 4.78 is 39.2. The van der Waals surface area contributed by atoms with E-state index in [1.54, 1.807) is 0 Å². The van der Waals surface area contributed by atoms with Crippen LogP contribution in [-0.2, 0) is 88.8 Å². The first kappa shape index (κ1) is 52.7. The van der Waals surface area contributed by atoms with Crippen LogP contribution in [0.1, 0.15) is 89.8 Å². The second-order valence-electron chi connectivity index (χ2n) is 20.3. The van der Waals surface area contributed by atoms with E-state index in [0.29, 0.717) is 56.7 Å². The number of aryl methyl sites for hydroxylation is 2. The van der Waals surface area contributed by atoms with E-state index in [-0.39, 0.29) is 78.6 Å². The molecule has 2 aliphatic heterocycles. The van der Waals surface area contributed by atoms with Crippen molar-refractivity contribution < 1.29 is 89.9 Å². The Balaban J connectivity index is 0.00000338. The molecular formula is C59H60O10W2-2. The van der Waals surface area contributed by atoms with Crippen molar-refractivity contribution in [3.63, 3.8) is 0 Å². The molecule has 12 heteroatoms. The maximum absolute atomic E-state index is 13.8. The van der Waals surface area contributed by atoms with Gasteiger partial charge in [0.25, 0.3) is 0 Å². The first-order valence-corrected chi connectivity index (χ1v) is 23.8. The van der Waals surface area contributed by atoms with Gasteiger partial charge in [0.2, 0.25) is 0 Å². The van der Waals surface area contributed by atoms with E-state index in [1.165, 1.54) is 34.1 Å². The molecule has 10 nitrogen and oxygen atoms in total. The van der Waals surface area contributed by atoms with Crippen molar-refractivity contribution >= 4 is 5.97 Å². The summed E-state index contributed by atoms with van der Waals surface area (Å²) in [7, 11) is 0. The number of hydrogen-bond donors (Lipinski definition) is 0. The molecule has 6 aromatic rings. The van der Waals surface area contributed by atoms with Gasteiger partial charge < -0.3 is 38.0 Å². The summed E-state index contributed by atoms with van der Waals surface area (Å²) in [6.45, 7) is 17.9. The van der Waals surface area contributed by atoms with Crippen molar-refractivity contribution in [2.75, 3.05) is 53.2 Å². The van der Waals surface area contributed by atoms with Gasteiger partial charge >= 0.3 is 5.97 Å². The quantitative estimate of drug-likeness (QED) is 0.0157. The number of benzene rings is 6. The molecule has 2 fully saturated rings. The minimum atomic E-state index is -0.396. The number of hydrogen-bond acceptors (Lipinski definition) is 10. The molecular weight excluding hydrogens is 1240 g/mol. The minimum Gasteiger partial charge on any atom is -0.468 e. The first-order valence-electron chi connectivity index (χ1n) is 23.8. The Morgan fingerprint density at radius 3 is 1.42 bits per heavy atom. The molecule has 6 aromatic carbocycles. The SMILES string of the molecule is Cc1cc2c(cc1OOCc1ccc(-c3ccc(OCOC[C-]4COC4)cc3)cc1)C1(CC2(C)C)CC(C)(C)c2cc(C)c(OC(=O)c3ccc(-c4ccc(OCOC[C-]5COC5)cc4)cc3)cc21.[W].[W]. The van der Waals surface area contributed by atoms with E-state index in [4.69, 9.17) is 42.9 Å². The van der Waals surface area contributed by atoms with Crippen LogP contribution in [0.2, 0.25) is 0 Å². The van der Waals surface area contributed by atoms with Gasteiger partial charge in [0.1, 0.15) is 23.9 Å². The summed E-state index contributed by atoms with van der Waals surface area (Å²) in [5.74, 6) is 4.85. The Kier molecular flexibility index (Phi) is 16.5. The van der Waals surface area contributed by atoms with E-state index in [2.05, 4.69) is 83.1 Å². The molecule has 0 amide bonds. The number of carbonyl (C=O) groups excluding carboxylic acids is 1. The summed E-state index contributed by atoms with van der Waals surface area (Å²) in [5, 5.41) is 0. The molecule has 1 atom stereocenters. The molecule has 0 saturated carbocycles. The molecule has 71 heavy (non-hydrogen) atoms. The van der Waals surface area contributed by atoms with Crippen molar-refractivity contribution in [3.05, 3.63) is 178 Å². The van der Waals surface area contributed by atoms with E-state index < -0.39 is 5.97 Å². The van der Waals surface area contributed by atoms with Gasteiger partial charge in [0, 0.05) is 47.5 Å². The second-order valence-corrected chi connectivity index (χ2v) is 20.3. The molecule has 1 spiro atoms. The predicted molar refractivity (Wildman–Crippen MR) is 264 cm³/mol. The third-order valence-electron chi connectivity index (χ3n) is 14.1. The number of carbonyl (C=O) groups is 1. The molecule has 0 aromatic heterocycles. The fourth-order valence-corrected chi connectivity index (χ4v) is 10.4. The number of esters is 1. The molecule has 2 heterocycles. The van der Waals surface area contributed by atoms with Crippen LogP contribution in [0.25, 0.3) is 22.3 Å². The van der Waals surface area contributed by atoms with Gasteiger partial charge in [-0.1, -0.05) is 140 Å². The van der Waals surface area contributed by atoms with Crippen LogP contribution < -0.4 is 19.1 Å². The maximum Gasteiger partial charge on any atom is 0.343 e. The van der Waals surface area contributed by atoms with E-state index >= 15 is 0 Å². The standard InChI is InChI=1S/C59H60O10.2W/c1-38-23-50-52(25-54(38)68-56(60)47-13-11-44(12-14-47)46-17-21-49(22-18-46)66-37-64-32-42-29-62-30-42)59(34-57(50,3)4)35-58(5,6)51-24-39(2)55(26-53(51)59)69-67-33-40-7-9-43(10-8-40)45-15-19-48(20-16-45)65-36-63-31-41-27-61-28-41;;/h7-26H,27-37H2,1-6H3;;/q-2;;. The normalized spacial score (nSPS) is 18.3.